The molecule has 0 aliphatic carbocycles. The SMILES string of the molecule is O=P(O)(O)O.O=P(O)(O)O.O=P(O)(O)OP(=O)(O)O.[Zn].[Zn].[Zn]. The van der Waals surface area contributed by atoms with Gasteiger partial charge in [-0.05, 0) is 0 Å². The first kappa shape index (κ1) is 39.4. The van der Waals surface area contributed by atoms with Gasteiger partial charge < -0.3 is 48.9 Å². The molecular formula is H10O15P4Zn3. The second-order valence-electron chi connectivity index (χ2n) is 2.09. The third-order valence-electron chi connectivity index (χ3n) is 0.213. The Bertz CT molecular complexity index is 362. The van der Waals surface area contributed by atoms with Gasteiger partial charge in [-0.2, -0.15) is 4.31 Å². The first-order valence-corrected chi connectivity index (χ1v) is 9.29. The average molecular weight is 570 g/mol. The van der Waals surface area contributed by atoms with Crippen molar-refractivity contribution < 1.29 is 130 Å². The van der Waals surface area contributed by atoms with Crippen LogP contribution in [0.15, 0.2) is 0 Å². The van der Waals surface area contributed by atoms with Crippen LogP contribution in [-0.2, 0) is 81.0 Å². The standard InChI is InChI=1S/H4O7P2.2H3O4P.3Zn/c1-8(2,3)7-9(4,5)6;2*1-5(2,3)4;;;/h(H2,1,2,3)(H2,4,5,6);2*(H3,1,2,3,4);;;. The molecule has 0 radical (unpaired) electrons. The van der Waals surface area contributed by atoms with E-state index >= 15 is 0 Å². The van der Waals surface area contributed by atoms with E-state index in [0.29, 0.717) is 0 Å². The predicted molar refractivity (Wildman–Crippen MR) is 53.7 cm³/mol. The summed E-state index contributed by atoms with van der Waals surface area (Å²) in [5.41, 5.74) is 0. The fraction of sp³-hybridized carbons (Fsp3) is 0. The van der Waals surface area contributed by atoms with Crippen LogP contribution in [0.4, 0.5) is 0 Å². The molecule has 0 aliphatic rings. The van der Waals surface area contributed by atoms with Crippen molar-refractivity contribution in [1.82, 2.24) is 0 Å². The Morgan fingerprint density at radius 3 is 0.545 bits per heavy atom. The summed E-state index contributed by atoms with van der Waals surface area (Å²) in [6.07, 6.45) is 0. The first-order valence-electron chi connectivity index (χ1n) is 3.10. The molecule has 0 aromatic heterocycles. The summed E-state index contributed by atoms with van der Waals surface area (Å²) >= 11 is 0. The quantitative estimate of drug-likeness (QED) is 0.120. The summed E-state index contributed by atoms with van der Waals surface area (Å²) in [6, 6.07) is 0. The van der Waals surface area contributed by atoms with Crippen LogP contribution in [0.5, 0.6) is 0 Å². The molecule has 0 heterocycles. The molecule has 22 heavy (non-hydrogen) atoms. The summed E-state index contributed by atoms with van der Waals surface area (Å²) in [7, 11) is -19.4. The van der Waals surface area contributed by atoms with Crippen molar-refractivity contribution in [1.29, 1.82) is 0 Å². The molecule has 0 rings (SSSR count). The Hall–Kier alpha value is 2.35. The van der Waals surface area contributed by atoms with Crippen molar-refractivity contribution in [3.05, 3.63) is 0 Å². The molecule has 10 N–H and O–H groups in total. The van der Waals surface area contributed by atoms with Gasteiger partial charge in [0.1, 0.15) is 0 Å². The summed E-state index contributed by atoms with van der Waals surface area (Å²) < 4.78 is 40.0. The van der Waals surface area contributed by atoms with E-state index in [1.165, 1.54) is 0 Å². The third-order valence-corrected chi connectivity index (χ3v) is 1.91. The van der Waals surface area contributed by atoms with Gasteiger partial charge in [-0.25, -0.2) is 18.3 Å². The number of hydrogen-bond donors (Lipinski definition) is 10. The molecule has 0 atom stereocenters. The Morgan fingerprint density at radius 1 is 0.455 bits per heavy atom. The predicted octanol–water partition coefficient (Wildman–Crippen LogP) is -2.68. The van der Waals surface area contributed by atoms with Gasteiger partial charge in [0.05, 0.1) is 0 Å². The molecule has 0 aromatic rings. The maximum Gasteiger partial charge on any atom is 0.478 e. The smallest absolute Gasteiger partial charge is 0.303 e. The second kappa shape index (κ2) is 15.6. The van der Waals surface area contributed by atoms with E-state index in [0.717, 1.165) is 0 Å². The van der Waals surface area contributed by atoms with Crippen LogP contribution in [0, 0.1) is 0 Å². The van der Waals surface area contributed by atoms with Crippen molar-refractivity contribution in [3.8, 4) is 0 Å². The molecule has 15 nitrogen and oxygen atoms in total. The van der Waals surface area contributed by atoms with Crippen molar-refractivity contribution >= 4 is 31.3 Å². The third kappa shape index (κ3) is 146. The Balaban J connectivity index is -0.0000000434. The van der Waals surface area contributed by atoms with E-state index in [9.17, 15) is 9.13 Å². The largest absolute Gasteiger partial charge is 0.478 e. The van der Waals surface area contributed by atoms with Crippen LogP contribution in [0.1, 0.15) is 0 Å². The average Bonchev–Trinajstić information content (AvgIpc) is 1.63. The monoisotopic (exact) mass is 566 g/mol. The molecule has 0 amide bonds. The zero-order valence-corrected chi connectivity index (χ0v) is 22.9. The fourth-order valence-corrected chi connectivity index (χ4v) is 1.25. The van der Waals surface area contributed by atoms with E-state index in [4.69, 9.17) is 58.1 Å². The van der Waals surface area contributed by atoms with Crippen molar-refractivity contribution in [2.24, 2.45) is 0 Å². The van der Waals surface area contributed by atoms with Crippen LogP contribution in [0.3, 0.4) is 0 Å². The van der Waals surface area contributed by atoms with Gasteiger partial charge >= 0.3 is 31.3 Å². The normalized spacial score (nSPS) is 11.0. The first-order chi connectivity index (χ1) is 7.71. The van der Waals surface area contributed by atoms with Crippen molar-refractivity contribution in [2.75, 3.05) is 0 Å². The molecule has 126 valence electrons. The molecule has 0 aliphatic heterocycles. The molecular weight excluding hydrogens is 560 g/mol. The molecule has 0 aromatic carbocycles. The molecule has 0 unspecified atom stereocenters. The Morgan fingerprint density at radius 2 is 0.545 bits per heavy atom. The molecule has 0 spiro atoms. The van der Waals surface area contributed by atoms with Gasteiger partial charge in [-0.3, -0.25) is 0 Å². The summed E-state index contributed by atoms with van der Waals surface area (Å²) in [4.78, 5) is 74.1. The van der Waals surface area contributed by atoms with E-state index in [-0.39, 0.29) is 58.4 Å². The Labute approximate surface area is 160 Å². The van der Waals surface area contributed by atoms with Gasteiger partial charge in [0.15, 0.2) is 0 Å². The van der Waals surface area contributed by atoms with E-state index in [1.54, 1.807) is 0 Å². The van der Waals surface area contributed by atoms with Crippen LogP contribution in [-0.4, -0.2) is 48.9 Å². The Kier molecular flexibility index (Phi) is 27.9. The van der Waals surface area contributed by atoms with Gasteiger partial charge in [0.25, 0.3) is 0 Å². The van der Waals surface area contributed by atoms with E-state index < -0.39 is 31.3 Å². The minimum absolute atomic E-state index is 0. The zero-order valence-electron chi connectivity index (χ0n) is 10.4. The maximum absolute atomic E-state index is 9.63. The van der Waals surface area contributed by atoms with Crippen molar-refractivity contribution in [3.63, 3.8) is 0 Å². The van der Waals surface area contributed by atoms with E-state index in [1.807, 2.05) is 0 Å². The summed E-state index contributed by atoms with van der Waals surface area (Å²) in [5.74, 6) is 0. The van der Waals surface area contributed by atoms with Crippen LogP contribution in [0.2, 0.25) is 0 Å². The minimum atomic E-state index is -5.05. The second-order valence-corrected chi connectivity index (χ2v) is 6.76. The summed E-state index contributed by atoms with van der Waals surface area (Å²) in [6.45, 7) is 0. The topological polar surface area (TPSA) is 280 Å². The van der Waals surface area contributed by atoms with Gasteiger partial charge in [0.2, 0.25) is 0 Å². The van der Waals surface area contributed by atoms with Crippen LogP contribution < -0.4 is 0 Å². The van der Waals surface area contributed by atoms with Gasteiger partial charge in [0, 0.05) is 58.4 Å². The zero-order chi connectivity index (χ0) is 16.7. The van der Waals surface area contributed by atoms with E-state index in [2.05, 4.69) is 4.31 Å². The summed E-state index contributed by atoms with van der Waals surface area (Å²) in [5, 5.41) is 0. The molecule has 0 bridgehead atoms. The van der Waals surface area contributed by atoms with Gasteiger partial charge in [-0.1, -0.05) is 0 Å². The fourth-order valence-electron chi connectivity index (χ4n) is 0.139. The maximum atomic E-state index is 9.63. The number of phosphoric acid groups is 4. The number of hydrogen-bond acceptors (Lipinski definition) is 5. The van der Waals surface area contributed by atoms with Gasteiger partial charge in [-0.15, -0.1) is 0 Å². The molecule has 0 saturated carbocycles. The molecule has 22 heteroatoms. The van der Waals surface area contributed by atoms with Crippen molar-refractivity contribution in [2.45, 2.75) is 0 Å². The van der Waals surface area contributed by atoms with Crippen LogP contribution in [0.25, 0.3) is 0 Å². The molecule has 0 saturated heterocycles. The number of rotatable bonds is 2. The molecule has 0 fully saturated rings. The minimum Gasteiger partial charge on any atom is -0.303 e. The van der Waals surface area contributed by atoms with Crippen LogP contribution >= 0.6 is 31.3 Å².